The minimum absolute atomic E-state index is 0.188. The standard InChI is InChI=1S/C21H27ClN4O2/c1-14-19(15(2)25-21(23)24-14)7-8-20(27)26-11-9-16(10-12-26)13-28-18-5-3-17(22)4-6-18/h3-6,16H,7-13H2,1-2H3,(H2,23,24,25). The van der Waals surface area contributed by atoms with Gasteiger partial charge in [0.15, 0.2) is 0 Å². The predicted molar refractivity (Wildman–Crippen MR) is 110 cm³/mol. The third-order valence-electron chi connectivity index (χ3n) is 5.29. The topological polar surface area (TPSA) is 81.3 Å². The zero-order chi connectivity index (χ0) is 20.1. The van der Waals surface area contributed by atoms with E-state index < -0.39 is 0 Å². The van der Waals surface area contributed by atoms with Crippen LogP contribution in [0.4, 0.5) is 5.95 Å². The molecule has 0 radical (unpaired) electrons. The lowest BCUT2D eigenvalue weighted by Gasteiger charge is -2.32. The second kappa shape index (κ2) is 9.24. The lowest BCUT2D eigenvalue weighted by molar-refractivity contribution is -0.132. The summed E-state index contributed by atoms with van der Waals surface area (Å²) in [6.45, 7) is 6.06. The highest BCUT2D eigenvalue weighted by molar-refractivity contribution is 6.30. The first-order valence-corrected chi connectivity index (χ1v) is 10.1. The molecule has 2 N–H and O–H groups in total. The molecule has 1 aliphatic rings. The largest absolute Gasteiger partial charge is 0.493 e. The smallest absolute Gasteiger partial charge is 0.222 e. The lowest BCUT2D eigenvalue weighted by Crippen LogP contribution is -2.39. The number of rotatable bonds is 6. The molecule has 1 saturated heterocycles. The van der Waals surface area contributed by atoms with Gasteiger partial charge in [0, 0.05) is 35.9 Å². The number of ether oxygens (including phenoxy) is 1. The van der Waals surface area contributed by atoms with Crippen molar-refractivity contribution in [3.63, 3.8) is 0 Å². The molecule has 0 bridgehead atoms. The Morgan fingerprint density at radius 1 is 1.18 bits per heavy atom. The highest BCUT2D eigenvalue weighted by Crippen LogP contribution is 2.22. The molecule has 6 nitrogen and oxygen atoms in total. The maximum Gasteiger partial charge on any atom is 0.222 e. The van der Waals surface area contributed by atoms with E-state index >= 15 is 0 Å². The Bertz CT molecular complexity index is 795. The van der Waals surface area contributed by atoms with Crippen LogP contribution >= 0.6 is 11.6 Å². The second-order valence-corrected chi connectivity index (χ2v) is 7.76. The van der Waals surface area contributed by atoms with Gasteiger partial charge in [0.25, 0.3) is 0 Å². The van der Waals surface area contributed by atoms with Crippen molar-refractivity contribution < 1.29 is 9.53 Å². The molecule has 2 heterocycles. The maximum atomic E-state index is 12.6. The Morgan fingerprint density at radius 2 is 1.79 bits per heavy atom. The van der Waals surface area contributed by atoms with Gasteiger partial charge in [-0.2, -0.15) is 0 Å². The molecule has 28 heavy (non-hydrogen) atoms. The summed E-state index contributed by atoms with van der Waals surface area (Å²) in [7, 11) is 0. The van der Waals surface area contributed by atoms with Crippen LogP contribution in [-0.4, -0.2) is 40.5 Å². The van der Waals surface area contributed by atoms with E-state index in [1.165, 1.54) is 0 Å². The highest BCUT2D eigenvalue weighted by Gasteiger charge is 2.23. The zero-order valence-electron chi connectivity index (χ0n) is 16.4. The molecule has 2 aromatic rings. The minimum atomic E-state index is 0.188. The van der Waals surface area contributed by atoms with Crippen LogP contribution in [0, 0.1) is 19.8 Å². The summed E-state index contributed by atoms with van der Waals surface area (Å²) in [5.74, 6) is 1.77. The number of likely N-dealkylation sites (tertiary alicyclic amines) is 1. The van der Waals surface area contributed by atoms with Crippen LogP contribution < -0.4 is 10.5 Å². The number of nitrogens with zero attached hydrogens (tertiary/aromatic N) is 3. The van der Waals surface area contributed by atoms with Crippen molar-refractivity contribution in [3.05, 3.63) is 46.2 Å². The number of nitrogen functional groups attached to an aromatic ring is 1. The number of carbonyl (C=O) groups is 1. The van der Waals surface area contributed by atoms with Crippen molar-refractivity contribution >= 4 is 23.5 Å². The summed E-state index contributed by atoms with van der Waals surface area (Å²) in [6.07, 6.45) is 3.04. The molecule has 7 heteroatoms. The Morgan fingerprint density at radius 3 is 2.39 bits per heavy atom. The van der Waals surface area contributed by atoms with Crippen LogP contribution in [-0.2, 0) is 11.2 Å². The fraction of sp³-hybridized carbons (Fsp3) is 0.476. The average Bonchev–Trinajstić information content (AvgIpc) is 2.67. The summed E-state index contributed by atoms with van der Waals surface area (Å²) in [5, 5.41) is 0.704. The number of hydrogen-bond acceptors (Lipinski definition) is 5. The van der Waals surface area contributed by atoms with E-state index in [0.29, 0.717) is 30.4 Å². The van der Waals surface area contributed by atoms with Crippen LogP contribution in [0.2, 0.25) is 5.02 Å². The Balaban J connectivity index is 1.43. The highest BCUT2D eigenvalue weighted by atomic mass is 35.5. The van der Waals surface area contributed by atoms with Crippen LogP contribution in [0.1, 0.15) is 36.2 Å². The Labute approximate surface area is 171 Å². The van der Waals surface area contributed by atoms with Crippen LogP contribution in [0.5, 0.6) is 5.75 Å². The van der Waals surface area contributed by atoms with E-state index in [4.69, 9.17) is 22.1 Å². The van der Waals surface area contributed by atoms with E-state index in [2.05, 4.69) is 9.97 Å². The predicted octanol–water partition coefficient (Wildman–Crippen LogP) is 3.58. The summed E-state index contributed by atoms with van der Waals surface area (Å²) < 4.78 is 5.85. The quantitative estimate of drug-likeness (QED) is 0.798. The van der Waals surface area contributed by atoms with Crippen molar-refractivity contribution in [2.75, 3.05) is 25.4 Å². The molecule has 1 fully saturated rings. The molecule has 3 rings (SSSR count). The number of amides is 1. The molecule has 0 atom stereocenters. The van der Waals surface area contributed by atoms with Crippen LogP contribution in [0.15, 0.2) is 24.3 Å². The average molecular weight is 403 g/mol. The SMILES string of the molecule is Cc1nc(N)nc(C)c1CCC(=O)N1CCC(COc2ccc(Cl)cc2)CC1. The van der Waals surface area contributed by atoms with Gasteiger partial charge in [0.2, 0.25) is 11.9 Å². The maximum absolute atomic E-state index is 12.6. The van der Waals surface area contributed by atoms with E-state index in [0.717, 1.165) is 48.6 Å². The van der Waals surface area contributed by atoms with Crippen LogP contribution in [0.25, 0.3) is 0 Å². The molecular weight excluding hydrogens is 376 g/mol. The summed E-state index contributed by atoms with van der Waals surface area (Å²) >= 11 is 5.89. The number of halogens is 1. The first kappa shape index (κ1) is 20.4. The number of nitrogens with two attached hydrogens (primary N) is 1. The van der Waals surface area contributed by atoms with Gasteiger partial charge in [-0.3, -0.25) is 4.79 Å². The van der Waals surface area contributed by atoms with E-state index in [-0.39, 0.29) is 11.9 Å². The van der Waals surface area contributed by atoms with E-state index in [1.54, 1.807) is 0 Å². The normalized spacial score (nSPS) is 14.9. The van der Waals surface area contributed by atoms with Crippen molar-refractivity contribution in [1.29, 1.82) is 0 Å². The molecule has 0 aliphatic carbocycles. The fourth-order valence-electron chi connectivity index (χ4n) is 3.61. The van der Waals surface area contributed by atoms with Crippen molar-refractivity contribution in [1.82, 2.24) is 14.9 Å². The molecular formula is C21H27ClN4O2. The van der Waals surface area contributed by atoms with Crippen molar-refractivity contribution in [2.45, 2.75) is 39.5 Å². The number of aryl methyl sites for hydroxylation is 2. The van der Waals surface area contributed by atoms with E-state index in [1.807, 2.05) is 43.0 Å². The van der Waals surface area contributed by atoms with Crippen molar-refractivity contribution in [2.24, 2.45) is 5.92 Å². The van der Waals surface area contributed by atoms with Gasteiger partial charge in [-0.1, -0.05) is 11.6 Å². The Kier molecular flexibility index (Phi) is 6.73. The molecule has 0 spiro atoms. The van der Waals surface area contributed by atoms with Gasteiger partial charge >= 0.3 is 0 Å². The molecule has 0 saturated carbocycles. The number of piperidine rings is 1. The zero-order valence-corrected chi connectivity index (χ0v) is 17.2. The van der Waals surface area contributed by atoms with Gasteiger partial charge < -0.3 is 15.4 Å². The van der Waals surface area contributed by atoms with Crippen molar-refractivity contribution in [3.8, 4) is 5.75 Å². The van der Waals surface area contributed by atoms with Gasteiger partial charge in [-0.05, 0) is 68.9 Å². The van der Waals surface area contributed by atoms with Gasteiger partial charge in [0.1, 0.15) is 5.75 Å². The number of aromatic nitrogens is 2. The first-order valence-electron chi connectivity index (χ1n) is 9.68. The Hall–Kier alpha value is -2.34. The minimum Gasteiger partial charge on any atom is -0.493 e. The third-order valence-corrected chi connectivity index (χ3v) is 5.55. The number of benzene rings is 1. The molecule has 1 aromatic heterocycles. The summed E-state index contributed by atoms with van der Waals surface area (Å²) in [5.41, 5.74) is 8.41. The van der Waals surface area contributed by atoms with Gasteiger partial charge in [-0.25, -0.2) is 9.97 Å². The molecule has 1 aromatic carbocycles. The van der Waals surface area contributed by atoms with Crippen LogP contribution in [0.3, 0.4) is 0 Å². The molecule has 0 unspecified atom stereocenters. The molecule has 1 amide bonds. The summed E-state index contributed by atoms with van der Waals surface area (Å²) in [4.78, 5) is 23.0. The lowest BCUT2D eigenvalue weighted by atomic mass is 9.97. The fourth-order valence-corrected chi connectivity index (χ4v) is 3.74. The van der Waals surface area contributed by atoms with E-state index in [9.17, 15) is 4.79 Å². The van der Waals surface area contributed by atoms with Gasteiger partial charge in [-0.15, -0.1) is 0 Å². The first-order chi connectivity index (χ1) is 13.4. The number of carbonyl (C=O) groups excluding carboxylic acids is 1. The second-order valence-electron chi connectivity index (χ2n) is 7.32. The summed E-state index contributed by atoms with van der Waals surface area (Å²) in [6, 6.07) is 7.42. The molecule has 1 aliphatic heterocycles. The third kappa shape index (κ3) is 5.35. The monoisotopic (exact) mass is 402 g/mol. The van der Waals surface area contributed by atoms with Gasteiger partial charge in [0.05, 0.1) is 6.61 Å². The number of hydrogen-bond donors (Lipinski definition) is 1. The molecule has 150 valence electrons. The number of anilines is 1.